The molecule has 6 heteroatoms. The van der Waals surface area contributed by atoms with E-state index in [1.54, 1.807) is 19.2 Å². The second kappa shape index (κ2) is 6.68. The minimum Gasteiger partial charge on any atom is -0.497 e. The lowest BCUT2D eigenvalue weighted by atomic mass is 10.1. The molecule has 128 valence electrons. The van der Waals surface area contributed by atoms with Gasteiger partial charge in [0.15, 0.2) is 0 Å². The quantitative estimate of drug-likeness (QED) is 0.719. The normalized spacial score (nSPS) is 10.6. The minimum atomic E-state index is -1.30. The zero-order chi connectivity index (χ0) is 18.0. The largest absolute Gasteiger partial charge is 0.497 e. The van der Waals surface area contributed by atoms with Gasteiger partial charge in [-0.1, -0.05) is 12.1 Å². The first-order valence-corrected chi connectivity index (χ1v) is 7.63. The molecule has 0 aliphatic heterocycles. The highest BCUT2D eigenvalue weighted by Crippen LogP contribution is 2.23. The van der Waals surface area contributed by atoms with Crippen LogP contribution in [0.3, 0.4) is 0 Å². The maximum Gasteiger partial charge on any atom is 0.351 e. The highest BCUT2D eigenvalue weighted by molar-refractivity contribution is 5.92. The van der Waals surface area contributed by atoms with Crippen molar-refractivity contribution in [3.63, 3.8) is 0 Å². The summed E-state index contributed by atoms with van der Waals surface area (Å²) in [5.74, 6) is -0.508. The number of benzene rings is 2. The minimum absolute atomic E-state index is 0.352. The van der Waals surface area contributed by atoms with E-state index in [1.165, 1.54) is 6.07 Å². The van der Waals surface area contributed by atoms with Gasteiger partial charge >= 0.3 is 11.6 Å². The molecule has 25 heavy (non-hydrogen) atoms. The average Bonchev–Trinajstić information content (AvgIpc) is 2.60. The Hall–Kier alpha value is -3.28. The van der Waals surface area contributed by atoms with Crippen LogP contribution in [0.15, 0.2) is 57.7 Å². The summed E-state index contributed by atoms with van der Waals surface area (Å²) in [6.07, 6.45) is 0. The first-order valence-electron chi connectivity index (χ1n) is 7.63. The van der Waals surface area contributed by atoms with Crippen LogP contribution in [-0.4, -0.2) is 25.2 Å². The van der Waals surface area contributed by atoms with Crippen LogP contribution in [0.5, 0.6) is 5.75 Å². The molecule has 0 saturated heterocycles. The summed E-state index contributed by atoms with van der Waals surface area (Å²) in [6, 6.07) is 14.4. The van der Waals surface area contributed by atoms with Crippen molar-refractivity contribution < 1.29 is 19.1 Å². The monoisotopic (exact) mass is 339 g/mol. The molecule has 1 heterocycles. The lowest BCUT2D eigenvalue weighted by Crippen LogP contribution is -2.16. The SMILES string of the molecule is COc1cccc(CN(C)c2ccc3cc(C(=O)O)c(=O)oc3c2)c1. The molecule has 0 unspecified atom stereocenters. The van der Waals surface area contributed by atoms with Crippen molar-refractivity contribution in [1.82, 2.24) is 0 Å². The summed E-state index contributed by atoms with van der Waals surface area (Å²) >= 11 is 0. The molecule has 0 aliphatic carbocycles. The van der Waals surface area contributed by atoms with Crippen LogP contribution >= 0.6 is 0 Å². The Bertz CT molecular complexity index is 993. The Kier molecular flexibility index (Phi) is 4.43. The third kappa shape index (κ3) is 3.47. The van der Waals surface area contributed by atoms with Crippen molar-refractivity contribution in [3.8, 4) is 5.75 Å². The Labute approximate surface area is 143 Å². The molecular weight excluding hydrogens is 322 g/mol. The van der Waals surface area contributed by atoms with Gasteiger partial charge in [0.25, 0.3) is 0 Å². The van der Waals surface area contributed by atoms with Gasteiger partial charge in [-0.05, 0) is 35.9 Å². The molecule has 0 atom stereocenters. The summed E-state index contributed by atoms with van der Waals surface area (Å²) in [7, 11) is 3.55. The molecule has 1 aromatic heterocycles. The first-order chi connectivity index (χ1) is 12.0. The van der Waals surface area contributed by atoms with Crippen LogP contribution < -0.4 is 15.3 Å². The highest BCUT2D eigenvalue weighted by atomic mass is 16.5. The lowest BCUT2D eigenvalue weighted by Gasteiger charge is -2.20. The van der Waals surface area contributed by atoms with Crippen LogP contribution in [-0.2, 0) is 6.54 Å². The van der Waals surface area contributed by atoms with E-state index < -0.39 is 11.6 Å². The fraction of sp³-hybridized carbons (Fsp3) is 0.158. The van der Waals surface area contributed by atoms with Crippen molar-refractivity contribution in [3.05, 3.63) is 70.1 Å². The van der Waals surface area contributed by atoms with E-state index in [9.17, 15) is 9.59 Å². The number of methoxy groups -OCH3 is 1. The van der Waals surface area contributed by atoms with E-state index in [0.717, 1.165) is 17.0 Å². The van der Waals surface area contributed by atoms with E-state index >= 15 is 0 Å². The topological polar surface area (TPSA) is 80.0 Å². The number of carbonyl (C=O) groups is 1. The zero-order valence-corrected chi connectivity index (χ0v) is 13.9. The molecule has 0 fully saturated rings. The number of aromatic carboxylic acids is 1. The molecule has 2 aromatic carbocycles. The number of rotatable bonds is 5. The standard InChI is InChI=1S/C19H17NO5/c1-20(11-12-4-3-5-15(8-12)24-2)14-7-6-13-9-16(18(21)22)19(23)25-17(13)10-14/h3-10H,11H2,1-2H3,(H,21,22). The maximum absolute atomic E-state index is 11.7. The first kappa shape index (κ1) is 16.6. The average molecular weight is 339 g/mol. The van der Waals surface area contributed by atoms with Gasteiger partial charge in [0.2, 0.25) is 0 Å². The molecule has 3 aromatic rings. The number of fused-ring (bicyclic) bond motifs is 1. The zero-order valence-electron chi connectivity index (χ0n) is 13.9. The van der Waals surface area contributed by atoms with Crippen molar-refractivity contribution in [2.75, 3.05) is 19.1 Å². The van der Waals surface area contributed by atoms with Gasteiger partial charge in [-0.2, -0.15) is 0 Å². The number of anilines is 1. The number of carboxylic acid groups (broad SMARTS) is 1. The summed E-state index contributed by atoms with van der Waals surface area (Å²) in [6.45, 7) is 0.639. The Morgan fingerprint density at radius 1 is 1.20 bits per heavy atom. The molecule has 1 N–H and O–H groups in total. The van der Waals surface area contributed by atoms with E-state index in [0.29, 0.717) is 17.5 Å². The molecule has 0 bridgehead atoms. The molecule has 0 aliphatic rings. The van der Waals surface area contributed by atoms with Gasteiger partial charge in [0, 0.05) is 30.7 Å². The lowest BCUT2D eigenvalue weighted by molar-refractivity contribution is 0.0692. The van der Waals surface area contributed by atoms with Gasteiger partial charge in [-0.15, -0.1) is 0 Å². The molecule has 0 spiro atoms. The number of hydrogen-bond acceptors (Lipinski definition) is 5. The Morgan fingerprint density at radius 2 is 2.00 bits per heavy atom. The summed E-state index contributed by atoms with van der Waals surface area (Å²) < 4.78 is 10.4. The predicted octanol–water partition coefficient (Wildman–Crippen LogP) is 3.14. The van der Waals surface area contributed by atoms with Crippen LogP contribution in [0.4, 0.5) is 5.69 Å². The van der Waals surface area contributed by atoms with Crippen molar-refractivity contribution in [2.45, 2.75) is 6.54 Å². The molecule has 0 amide bonds. The molecule has 0 radical (unpaired) electrons. The summed E-state index contributed by atoms with van der Waals surface area (Å²) in [5, 5.41) is 9.56. The van der Waals surface area contributed by atoms with E-state index in [1.807, 2.05) is 42.3 Å². The number of nitrogens with zero attached hydrogens (tertiary/aromatic N) is 1. The summed E-state index contributed by atoms with van der Waals surface area (Å²) in [5.41, 5.74) is 1.05. The van der Waals surface area contributed by atoms with Gasteiger partial charge < -0.3 is 19.2 Å². The third-order valence-electron chi connectivity index (χ3n) is 3.94. The summed E-state index contributed by atoms with van der Waals surface area (Å²) in [4.78, 5) is 24.8. The van der Waals surface area contributed by atoms with Crippen LogP contribution in [0, 0.1) is 0 Å². The van der Waals surface area contributed by atoms with E-state index in [-0.39, 0.29) is 5.56 Å². The molecule has 0 saturated carbocycles. The second-order valence-corrected chi connectivity index (χ2v) is 5.68. The number of ether oxygens (including phenoxy) is 1. The van der Waals surface area contributed by atoms with Gasteiger partial charge in [-0.25, -0.2) is 9.59 Å². The van der Waals surface area contributed by atoms with Crippen LogP contribution in [0.1, 0.15) is 15.9 Å². The smallest absolute Gasteiger partial charge is 0.351 e. The van der Waals surface area contributed by atoms with Crippen molar-refractivity contribution >= 4 is 22.6 Å². The van der Waals surface area contributed by atoms with Gasteiger partial charge in [0.1, 0.15) is 16.9 Å². The number of hydrogen-bond donors (Lipinski definition) is 1. The van der Waals surface area contributed by atoms with Crippen molar-refractivity contribution in [1.29, 1.82) is 0 Å². The van der Waals surface area contributed by atoms with E-state index in [2.05, 4.69) is 0 Å². The Morgan fingerprint density at radius 3 is 2.72 bits per heavy atom. The molecule has 3 rings (SSSR count). The van der Waals surface area contributed by atoms with E-state index in [4.69, 9.17) is 14.3 Å². The van der Waals surface area contributed by atoms with Gasteiger partial charge in [-0.3, -0.25) is 0 Å². The Balaban J connectivity index is 1.91. The fourth-order valence-electron chi connectivity index (χ4n) is 2.62. The number of carboxylic acids is 1. The van der Waals surface area contributed by atoms with Crippen LogP contribution in [0.25, 0.3) is 11.0 Å². The fourth-order valence-corrected chi connectivity index (χ4v) is 2.62. The third-order valence-corrected chi connectivity index (χ3v) is 3.94. The van der Waals surface area contributed by atoms with Gasteiger partial charge in [0.05, 0.1) is 7.11 Å². The van der Waals surface area contributed by atoms with Crippen molar-refractivity contribution in [2.24, 2.45) is 0 Å². The maximum atomic E-state index is 11.7. The molecular formula is C19H17NO5. The second-order valence-electron chi connectivity index (χ2n) is 5.68. The highest BCUT2D eigenvalue weighted by Gasteiger charge is 2.13. The van der Waals surface area contributed by atoms with Crippen LogP contribution in [0.2, 0.25) is 0 Å². The predicted molar refractivity (Wildman–Crippen MR) is 94.5 cm³/mol. The molecule has 6 nitrogen and oxygen atoms in total.